The standard InChI is InChI=1S/C20H34O/c1-18-11-5-4-6-14(18)7-8-15-16(18)9-12-19(2)17(15)10-13-20(19,3)21/h14-17,21H,4-13H2,1-3H3/t14?,15-,16+,17+,18+,19+,20?/m1/s1. The predicted octanol–water partition coefficient (Wildman–Crippen LogP) is 5.17. The van der Waals surface area contributed by atoms with E-state index in [0.717, 1.165) is 30.1 Å². The van der Waals surface area contributed by atoms with Gasteiger partial charge in [0.15, 0.2) is 0 Å². The molecule has 4 fully saturated rings. The van der Waals surface area contributed by atoms with Crippen molar-refractivity contribution in [3.63, 3.8) is 0 Å². The Morgan fingerprint density at radius 2 is 1.52 bits per heavy atom. The van der Waals surface area contributed by atoms with Gasteiger partial charge >= 0.3 is 0 Å². The van der Waals surface area contributed by atoms with E-state index in [1.54, 1.807) is 0 Å². The smallest absolute Gasteiger partial charge is 0.0675 e. The molecule has 1 N–H and O–H groups in total. The van der Waals surface area contributed by atoms with Gasteiger partial charge in [0, 0.05) is 0 Å². The molecule has 1 nitrogen and oxygen atoms in total. The van der Waals surface area contributed by atoms with Gasteiger partial charge in [-0.1, -0.05) is 26.7 Å². The minimum atomic E-state index is -0.410. The molecule has 0 radical (unpaired) electrons. The summed E-state index contributed by atoms with van der Waals surface area (Å²) in [7, 11) is 0. The second-order valence-corrected chi connectivity index (χ2v) is 9.67. The molecule has 0 spiro atoms. The summed E-state index contributed by atoms with van der Waals surface area (Å²) in [5.74, 6) is 3.69. The van der Waals surface area contributed by atoms with Gasteiger partial charge in [-0.2, -0.15) is 0 Å². The Bertz CT molecular complexity index is 428. The Morgan fingerprint density at radius 1 is 0.762 bits per heavy atom. The van der Waals surface area contributed by atoms with Gasteiger partial charge in [-0.3, -0.25) is 0 Å². The Morgan fingerprint density at radius 3 is 2.33 bits per heavy atom. The first-order valence-electron chi connectivity index (χ1n) is 9.61. The number of aliphatic hydroxyl groups is 1. The van der Waals surface area contributed by atoms with E-state index in [9.17, 15) is 5.11 Å². The van der Waals surface area contributed by atoms with Crippen molar-refractivity contribution < 1.29 is 5.11 Å². The zero-order chi connectivity index (χ0) is 14.9. The molecule has 4 rings (SSSR count). The third-order valence-corrected chi connectivity index (χ3v) is 9.15. The summed E-state index contributed by atoms with van der Waals surface area (Å²) in [6.45, 7) is 7.18. The van der Waals surface area contributed by atoms with Crippen molar-refractivity contribution in [2.45, 2.75) is 90.6 Å². The Hall–Kier alpha value is -0.0400. The van der Waals surface area contributed by atoms with Crippen LogP contribution in [-0.2, 0) is 0 Å². The first-order chi connectivity index (χ1) is 9.88. The summed E-state index contributed by atoms with van der Waals surface area (Å²) in [5, 5.41) is 10.9. The highest BCUT2D eigenvalue weighted by Crippen LogP contribution is 2.68. The summed E-state index contributed by atoms with van der Waals surface area (Å²) < 4.78 is 0. The molecule has 0 heterocycles. The van der Waals surface area contributed by atoms with Gasteiger partial charge < -0.3 is 5.11 Å². The molecule has 7 atom stereocenters. The molecule has 0 aromatic heterocycles. The molecule has 4 aliphatic carbocycles. The van der Waals surface area contributed by atoms with Crippen molar-refractivity contribution in [1.82, 2.24) is 0 Å². The lowest BCUT2D eigenvalue weighted by atomic mass is 9.44. The summed E-state index contributed by atoms with van der Waals surface area (Å²) in [6, 6.07) is 0. The second-order valence-electron chi connectivity index (χ2n) is 9.67. The molecule has 0 aromatic carbocycles. The number of hydrogen-bond acceptors (Lipinski definition) is 1. The molecule has 0 bridgehead atoms. The van der Waals surface area contributed by atoms with E-state index < -0.39 is 5.60 Å². The summed E-state index contributed by atoms with van der Waals surface area (Å²) in [6.07, 6.45) is 13.9. The van der Waals surface area contributed by atoms with Crippen LogP contribution in [0.25, 0.3) is 0 Å². The fourth-order valence-corrected chi connectivity index (χ4v) is 7.54. The summed E-state index contributed by atoms with van der Waals surface area (Å²) in [5.41, 5.74) is 0.427. The maximum atomic E-state index is 10.9. The van der Waals surface area contributed by atoms with Gasteiger partial charge in [0.2, 0.25) is 0 Å². The van der Waals surface area contributed by atoms with Crippen molar-refractivity contribution in [1.29, 1.82) is 0 Å². The van der Waals surface area contributed by atoms with Gasteiger partial charge in [0.1, 0.15) is 0 Å². The predicted molar refractivity (Wildman–Crippen MR) is 87.0 cm³/mol. The van der Waals surface area contributed by atoms with E-state index in [4.69, 9.17) is 0 Å². The van der Waals surface area contributed by atoms with E-state index in [0.29, 0.717) is 5.41 Å². The molecule has 0 aliphatic heterocycles. The zero-order valence-electron chi connectivity index (χ0n) is 14.3. The van der Waals surface area contributed by atoms with Gasteiger partial charge in [-0.05, 0) is 92.8 Å². The van der Waals surface area contributed by atoms with Crippen LogP contribution in [0.5, 0.6) is 0 Å². The lowest BCUT2D eigenvalue weighted by Gasteiger charge is -2.61. The Labute approximate surface area is 130 Å². The molecule has 0 saturated heterocycles. The highest BCUT2D eigenvalue weighted by molar-refractivity contribution is 5.12. The lowest BCUT2D eigenvalue weighted by molar-refractivity contribution is -0.145. The van der Waals surface area contributed by atoms with Crippen molar-refractivity contribution in [3.05, 3.63) is 0 Å². The van der Waals surface area contributed by atoms with E-state index in [2.05, 4.69) is 20.8 Å². The van der Waals surface area contributed by atoms with Crippen molar-refractivity contribution in [2.75, 3.05) is 0 Å². The van der Waals surface area contributed by atoms with Crippen molar-refractivity contribution in [2.24, 2.45) is 34.5 Å². The normalized spacial score (nSPS) is 60.0. The number of hydrogen-bond donors (Lipinski definition) is 1. The number of rotatable bonds is 0. The maximum Gasteiger partial charge on any atom is 0.0675 e. The van der Waals surface area contributed by atoms with E-state index in [-0.39, 0.29) is 5.41 Å². The molecule has 4 aliphatic rings. The van der Waals surface area contributed by atoms with Crippen LogP contribution >= 0.6 is 0 Å². The van der Waals surface area contributed by atoms with Crippen LogP contribution in [0.3, 0.4) is 0 Å². The summed E-state index contributed by atoms with van der Waals surface area (Å²) >= 11 is 0. The molecule has 0 aromatic rings. The van der Waals surface area contributed by atoms with Crippen LogP contribution in [0.15, 0.2) is 0 Å². The zero-order valence-corrected chi connectivity index (χ0v) is 14.3. The van der Waals surface area contributed by atoms with Gasteiger partial charge in [0.25, 0.3) is 0 Å². The fourth-order valence-electron chi connectivity index (χ4n) is 7.54. The molecular formula is C20H34O. The Balaban J connectivity index is 1.66. The van der Waals surface area contributed by atoms with Crippen LogP contribution < -0.4 is 0 Å². The first-order valence-corrected chi connectivity index (χ1v) is 9.61. The third-order valence-electron chi connectivity index (χ3n) is 9.15. The molecule has 0 amide bonds. The van der Waals surface area contributed by atoms with Crippen LogP contribution in [0.2, 0.25) is 0 Å². The highest BCUT2D eigenvalue weighted by Gasteiger charge is 2.62. The minimum Gasteiger partial charge on any atom is -0.390 e. The van der Waals surface area contributed by atoms with Crippen LogP contribution in [0.4, 0.5) is 0 Å². The SMILES string of the molecule is CC1(O)CC[C@H]2[C@@H]3CCC4CCCC[C@]4(C)[C@H]3CC[C@@]21C. The third kappa shape index (κ3) is 1.79. The molecule has 2 unspecified atom stereocenters. The van der Waals surface area contributed by atoms with Crippen LogP contribution in [0.1, 0.15) is 85.0 Å². The van der Waals surface area contributed by atoms with Gasteiger partial charge in [-0.15, -0.1) is 0 Å². The highest BCUT2D eigenvalue weighted by atomic mass is 16.3. The topological polar surface area (TPSA) is 20.2 Å². The van der Waals surface area contributed by atoms with Gasteiger partial charge in [-0.25, -0.2) is 0 Å². The molecule has 21 heavy (non-hydrogen) atoms. The van der Waals surface area contributed by atoms with Crippen LogP contribution in [0, 0.1) is 34.5 Å². The lowest BCUT2D eigenvalue weighted by Crippen LogP contribution is -2.55. The second kappa shape index (κ2) is 4.49. The van der Waals surface area contributed by atoms with E-state index >= 15 is 0 Å². The minimum absolute atomic E-state index is 0.200. The average Bonchev–Trinajstić information content (AvgIpc) is 2.69. The van der Waals surface area contributed by atoms with E-state index in [1.165, 1.54) is 57.8 Å². The average molecular weight is 290 g/mol. The quantitative estimate of drug-likeness (QED) is 0.652. The molecule has 120 valence electrons. The largest absolute Gasteiger partial charge is 0.390 e. The van der Waals surface area contributed by atoms with E-state index in [1.807, 2.05) is 0 Å². The molecule has 1 heteroatoms. The number of fused-ring (bicyclic) bond motifs is 5. The molecular weight excluding hydrogens is 256 g/mol. The first kappa shape index (κ1) is 14.5. The van der Waals surface area contributed by atoms with Gasteiger partial charge in [0.05, 0.1) is 5.60 Å². The van der Waals surface area contributed by atoms with Crippen molar-refractivity contribution >= 4 is 0 Å². The molecule has 4 saturated carbocycles. The van der Waals surface area contributed by atoms with Crippen LogP contribution in [-0.4, -0.2) is 10.7 Å². The monoisotopic (exact) mass is 290 g/mol. The fraction of sp³-hybridized carbons (Fsp3) is 1.00. The Kier molecular flexibility index (Phi) is 3.11. The summed E-state index contributed by atoms with van der Waals surface area (Å²) in [4.78, 5) is 0. The maximum absolute atomic E-state index is 10.9. The van der Waals surface area contributed by atoms with Crippen molar-refractivity contribution in [3.8, 4) is 0 Å².